The van der Waals surface area contributed by atoms with E-state index in [1.165, 1.54) is 7.11 Å². The average molecular weight is 392 g/mol. The lowest BCUT2D eigenvalue weighted by Crippen LogP contribution is -2.39. The monoisotopic (exact) mass is 392 g/mol. The van der Waals surface area contributed by atoms with Gasteiger partial charge in [-0.1, -0.05) is 30.3 Å². The van der Waals surface area contributed by atoms with Crippen molar-refractivity contribution in [3.05, 3.63) is 59.9 Å². The average Bonchev–Trinajstić information content (AvgIpc) is 3.21. The molecule has 1 atom stereocenters. The summed E-state index contributed by atoms with van der Waals surface area (Å²) in [6, 6.07) is 13.9. The highest BCUT2D eigenvalue weighted by atomic mass is 16.5. The Kier molecular flexibility index (Phi) is 5.57. The number of fused-ring (bicyclic) bond motifs is 1. The van der Waals surface area contributed by atoms with Crippen molar-refractivity contribution in [3.8, 4) is 0 Å². The number of aromatic amines is 1. The van der Waals surface area contributed by atoms with Gasteiger partial charge in [0.2, 0.25) is 5.91 Å². The van der Waals surface area contributed by atoms with E-state index in [-0.39, 0.29) is 24.3 Å². The molecule has 7 heteroatoms. The van der Waals surface area contributed by atoms with E-state index in [2.05, 4.69) is 15.5 Å². The van der Waals surface area contributed by atoms with E-state index in [9.17, 15) is 9.59 Å². The number of nitrogens with zero attached hydrogens (tertiary/aromatic N) is 2. The molecule has 1 fully saturated rings. The molecule has 29 heavy (non-hydrogen) atoms. The van der Waals surface area contributed by atoms with E-state index in [4.69, 9.17) is 4.74 Å². The van der Waals surface area contributed by atoms with Crippen LogP contribution in [-0.4, -0.2) is 53.7 Å². The highest BCUT2D eigenvalue weighted by molar-refractivity contribution is 5.98. The van der Waals surface area contributed by atoms with Gasteiger partial charge in [-0.25, -0.2) is 0 Å². The summed E-state index contributed by atoms with van der Waals surface area (Å²) in [6.45, 7) is 1.30. The molecule has 1 saturated heterocycles. The molecule has 2 amide bonds. The van der Waals surface area contributed by atoms with Crippen LogP contribution in [0, 0.1) is 0 Å². The normalized spacial score (nSPS) is 16.7. The molecule has 0 spiro atoms. The first-order valence-electron chi connectivity index (χ1n) is 9.76. The number of anilines is 1. The Morgan fingerprint density at radius 1 is 1.24 bits per heavy atom. The molecule has 3 aromatic rings. The summed E-state index contributed by atoms with van der Waals surface area (Å²) < 4.78 is 4.87. The second-order valence-corrected chi connectivity index (χ2v) is 7.33. The number of aromatic nitrogens is 2. The van der Waals surface area contributed by atoms with Gasteiger partial charge in [-0.05, 0) is 35.7 Å². The van der Waals surface area contributed by atoms with Gasteiger partial charge in [0.05, 0.1) is 17.6 Å². The Labute approximate surface area is 169 Å². The summed E-state index contributed by atoms with van der Waals surface area (Å²) in [4.78, 5) is 26.9. The number of benzene rings is 2. The molecule has 7 nitrogen and oxygen atoms in total. The van der Waals surface area contributed by atoms with Crippen LogP contribution in [0.5, 0.6) is 0 Å². The number of H-pyrrole nitrogens is 1. The van der Waals surface area contributed by atoms with Gasteiger partial charge in [-0.2, -0.15) is 5.10 Å². The highest BCUT2D eigenvalue weighted by Gasteiger charge is 2.28. The van der Waals surface area contributed by atoms with Crippen LogP contribution >= 0.6 is 0 Å². The molecule has 4 rings (SSSR count). The van der Waals surface area contributed by atoms with Crippen LogP contribution in [0.25, 0.3) is 10.8 Å². The minimum atomic E-state index is -0.227. The van der Waals surface area contributed by atoms with E-state index in [0.717, 1.165) is 35.9 Å². The van der Waals surface area contributed by atoms with Gasteiger partial charge in [0.25, 0.3) is 5.91 Å². The quantitative estimate of drug-likeness (QED) is 0.698. The third kappa shape index (κ3) is 4.14. The van der Waals surface area contributed by atoms with Crippen molar-refractivity contribution >= 4 is 28.3 Å². The summed E-state index contributed by atoms with van der Waals surface area (Å²) in [5.74, 6) is -0.103. The molecular weight excluding hydrogens is 368 g/mol. The lowest BCUT2D eigenvalue weighted by atomic mass is 9.93. The maximum atomic E-state index is 13.1. The first-order valence-corrected chi connectivity index (χ1v) is 9.76. The lowest BCUT2D eigenvalue weighted by Gasteiger charge is -2.32. The fourth-order valence-corrected chi connectivity index (χ4v) is 3.93. The summed E-state index contributed by atoms with van der Waals surface area (Å²) in [5.41, 5.74) is 2.20. The number of piperidine rings is 1. The number of hydrogen-bond acceptors (Lipinski definition) is 4. The number of ether oxygens (including phenoxy) is 1. The Morgan fingerprint density at radius 3 is 2.90 bits per heavy atom. The van der Waals surface area contributed by atoms with Gasteiger partial charge < -0.3 is 15.0 Å². The second-order valence-electron chi connectivity index (χ2n) is 7.33. The van der Waals surface area contributed by atoms with Crippen LogP contribution in [0.1, 0.15) is 34.8 Å². The van der Waals surface area contributed by atoms with E-state index >= 15 is 0 Å². The van der Waals surface area contributed by atoms with E-state index in [0.29, 0.717) is 17.8 Å². The SMILES string of the molecule is COCC(=O)Nc1cn[nH]c1[C@H]1CCCN(C(=O)c2ccc3ccccc3c2)C1. The van der Waals surface area contributed by atoms with Gasteiger partial charge in [-0.15, -0.1) is 0 Å². The zero-order valence-corrected chi connectivity index (χ0v) is 16.4. The standard InChI is InChI=1S/C22H24N4O3/c1-29-14-20(27)24-19-12-23-25-21(19)18-7-4-10-26(13-18)22(28)17-9-8-15-5-2-3-6-16(15)11-17/h2-3,5-6,8-9,11-12,18H,4,7,10,13-14H2,1H3,(H,23,25)(H,24,27)/t18-/m0/s1. The molecule has 0 saturated carbocycles. The zero-order chi connectivity index (χ0) is 20.2. The topological polar surface area (TPSA) is 87.3 Å². The van der Waals surface area contributed by atoms with Crippen molar-refractivity contribution in [3.63, 3.8) is 0 Å². The van der Waals surface area contributed by atoms with Crippen LogP contribution in [0.4, 0.5) is 5.69 Å². The molecule has 1 aromatic heterocycles. The third-order valence-corrected chi connectivity index (χ3v) is 5.33. The van der Waals surface area contributed by atoms with E-state index in [1.807, 2.05) is 47.4 Å². The van der Waals surface area contributed by atoms with Crippen LogP contribution in [0.3, 0.4) is 0 Å². The second kappa shape index (κ2) is 8.45. The lowest BCUT2D eigenvalue weighted by molar-refractivity contribution is -0.119. The highest BCUT2D eigenvalue weighted by Crippen LogP contribution is 2.31. The third-order valence-electron chi connectivity index (χ3n) is 5.33. The fraction of sp³-hybridized carbons (Fsp3) is 0.318. The first-order chi connectivity index (χ1) is 14.2. The number of likely N-dealkylation sites (tertiary alicyclic amines) is 1. The van der Waals surface area contributed by atoms with Crippen LogP contribution in [-0.2, 0) is 9.53 Å². The molecule has 0 aliphatic carbocycles. The van der Waals surface area contributed by atoms with Gasteiger partial charge in [-0.3, -0.25) is 14.7 Å². The first kappa shape index (κ1) is 19.1. The van der Waals surface area contributed by atoms with Gasteiger partial charge in [0, 0.05) is 31.7 Å². The molecule has 1 aliphatic rings. The van der Waals surface area contributed by atoms with Crippen LogP contribution in [0.15, 0.2) is 48.7 Å². The van der Waals surface area contributed by atoms with E-state index < -0.39 is 0 Å². The molecule has 0 bridgehead atoms. The molecule has 0 radical (unpaired) electrons. The van der Waals surface area contributed by atoms with Gasteiger partial charge in [0.1, 0.15) is 6.61 Å². The number of carbonyl (C=O) groups is 2. The predicted molar refractivity (Wildman–Crippen MR) is 111 cm³/mol. The Morgan fingerprint density at radius 2 is 2.07 bits per heavy atom. The maximum absolute atomic E-state index is 13.1. The number of amides is 2. The molecule has 2 N–H and O–H groups in total. The fourth-order valence-electron chi connectivity index (χ4n) is 3.93. The molecule has 0 unspecified atom stereocenters. The zero-order valence-electron chi connectivity index (χ0n) is 16.4. The molecule has 150 valence electrons. The van der Waals surface area contributed by atoms with Crippen molar-refractivity contribution in [2.75, 3.05) is 32.1 Å². The summed E-state index contributed by atoms with van der Waals surface area (Å²) in [5, 5.41) is 12.1. The van der Waals surface area contributed by atoms with Gasteiger partial charge >= 0.3 is 0 Å². The molecular formula is C22H24N4O3. The number of carbonyl (C=O) groups excluding carboxylic acids is 2. The predicted octanol–water partition coefficient (Wildman–Crippen LogP) is 3.17. The van der Waals surface area contributed by atoms with Crippen molar-refractivity contribution < 1.29 is 14.3 Å². The number of hydrogen-bond donors (Lipinski definition) is 2. The van der Waals surface area contributed by atoms with E-state index in [1.54, 1.807) is 6.20 Å². The number of rotatable bonds is 5. The minimum absolute atomic E-state index is 0.0120. The number of nitrogens with one attached hydrogen (secondary N) is 2. The van der Waals surface area contributed by atoms with Gasteiger partial charge in [0.15, 0.2) is 0 Å². The number of methoxy groups -OCH3 is 1. The molecule has 2 aromatic carbocycles. The van der Waals surface area contributed by atoms with Crippen molar-refractivity contribution in [1.82, 2.24) is 15.1 Å². The maximum Gasteiger partial charge on any atom is 0.253 e. The largest absolute Gasteiger partial charge is 0.375 e. The Bertz CT molecular complexity index is 1030. The minimum Gasteiger partial charge on any atom is -0.375 e. The molecule has 1 aliphatic heterocycles. The summed E-state index contributed by atoms with van der Waals surface area (Å²) in [6.07, 6.45) is 3.43. The van der Waals surface area contributed by atoms with Crippen LogP contribution < -0.4 is 5.32 Å². The Balaban J connectivity index is 1.50. The Hall–Kier alpha value is -3.19. The smallest absolute Gasteiger partial charge is 0.253 e. The van der Waals surface area contributed by atoms with Crippen molar-refractivity contribution in [1.29, 1.82) is 0 Å². The summed E-state index contributed by atoms with van der Waals surface area (Å²) >= 11 is 0. The molecule has 2 heterocycles. The van der Waals surface area contributed by atoms with Crippen LogP contribution in [0.2, 0.25) is 0 Å². The van der Waals surface area contributed by atoms with Crippen molar-refractivity contribution in [2.45, 2.75) is 18.8 Å². The summed E-state index contributed by atoms with van der Waals surface area (Å²) in [7, 11) is 1.48. The van der Waals surface area contributed by atoms with Crippen molar-refractivity contribution in [2.24, 2.45) is 0 Å².